The van der Waals surface area contributed by atoms with Gasteiger partial charge in [0.1, 0.15) is 5.52 Å². The lowest BCUT2D eigenvalue weighted by atomic mass is 10.2. The van der Waals surface area contributed by atoms with Crippen molar-refractivity contribution in [2.24, 2.45) is 0 Å². The van der Waals surface area contributed by atoms with Crippen molar-refractivity contribution in [3.63, 3.8) is 0 Å². The maximum atomic E-state index is 12.3. The van der Waals surface area contributed by atoms with Gasteiger partial charge in [-0.15, -0.1) is 0 Å². The SMILES string of the molecule is CN(C)CCCSc1nc(N)c2[nH]c(=O)n(Cc3ccccc3)c2n1. The number of nitrogens with zero attached hydrogens (tertiary/aromatic N) is 4. The van der Waals surface area contributed by atoms with Crippen LogP contribution in [0.4, 0.5) is 5.82 Å². The third-order valence-corrected chi connectivity index (χ3v) is 4.73. The van der Waals surface area contributed by atoms with Crippen LogP contribution in [0.2, 0.25) is 0 Å². The lowest BCUT2D eigenvalue weighted by Gasteiger charge is -2.08. The molecule has 132 valence electrons. The zero-order chi connectivity index (χ0) is 17.8. The summed E-state index contributed by atoms with van der Waals surface area (Å²) >= 11 is 1.56. The molecule has 2 aromatic heterocycles. The first-order valence-corrected chi connectivity index (χ1v) is 9.10. The summed E-state index contributed by atoms with van der Waals surface area (Å²) in [5.74, 6) is 1.21. The predicted molar refractivity (Wildman–Crippen MR) is 102 cm³/mol. The largest absolute Gasteiger partial charge is 0.382 e. The van der Waals surface area contributed by atoms with Gasteiger partial charge in [-0.25, -0.2) is 14.8 Å². The average Bonchev–Trinajstić information content (AvgIpc) is 2.89. The highest BCUT2D eigenvalue weighted by Gasteiger charge is 2.14. The fourth-order valence-corrected chi connectivity index (χ4v) is 3.32. The number of aromatic amines is 1. The zero-order valence-electron chi connectivity index (χ0n) is 14.4. The maximum absolute atomic E-state index is 12.3. The minimum atomic E-state index is -0.227. The van der Waals surface area contributed by atoms with Gasteiger partial charge in [-0.05, 0) is 32.6 Å². The molecule has 0 aliphatic rings. The number of benzene rings is 1. The molecule has 2 heterocycles. The number of rotatable bonds is 7. The van der Waals surface area contributed by atoms with Crippen molar-refractivity contribution in [1.82, 2.24) is 24.4 Å². The van der Waals surface area contributed by atoms with Gasteiger partial charge < -0.3 is 15.6 Å². The van der Waals surface area contributed by atoms with Gasteiger partial charge in [0.25, 0.3) is 0 Å². The molecule has 0 amide bonds. The van der Waals surface area contributed by atoms with Crippen molar-refractivity contribution in [1.29, 1.82) is 0 Å². The normalized spacial score (nSPS) is 11.5. The van der Waals surface area contributed by atoms with E-state index in [9.17, 15) is 4.79 Å². The first-order valence-electron chi connectivity index (χ1n) is 8.12. The molecule has 1 aromatic carbocycles. The Morgan fingerprint density at radius 1 is 1.24 bits per heavy atom. The summed E-state index contributed by atoms with van der Waals surface area (Å²) in [6.45, 7) is 1.45. The molecule has 3 aromatic rings. The lowest BCUT2D eigenvalue weighted by molar-refractivity contribution is 0.410. The van der Waals surface area contributed by atoms with Crippen LogP contribution in [0.5, 0.6) is 0 Å². The monoisotopic (exact) mass is 358 g/mol. The summed E-state index contributed by atoms with van der Waals surface area (Å²) in [6.07, 6.45) is 1.03. The first-order chi connectivity index (χ1) is 12.0. The summed E-state index contributed by atoms with van der Waals surface area (Å²) in [6, 6.07) is 9.80. The lowest BCUT2D eigenvalue weighted by Crippen LogP contribution is -2.17. The molecule has 8 heteroatoms. The summed E-state index contributed by atoms with van der Waals surface area (Å²) in [4.78, 5) is 26.1. The van der Waals surface area contributed by atoms with Gasteiger partial charge in [-0.2, -0.15) is 0 Å². The van der Waals surface area contributed by atoms with Crippen LogP contribution in [-0.2, 0) is 6.54 Å². The second kappa shape index (κ2) is 7.71. The van der Waals surface area contributed by atoms with Crippen LogP contribution in [0.1, 0.15) is 12.0 Å². The van der Waals surface area contributed by atoms with Gasteiger partial charge in [-0.1, -0.05) is 42.1 Å². The molecule has 0 saturated heterocycles. The van der Waals surface area contributed by atoms with E-state index in [0.29, 0.717) is 28.7 Å². The molecule has 3 N–H and O–H groups in total. The summed E-state index contributed by atoms with van der Waals surface area (Å²) in [5, 5.41) is 0.601. The molecule has 7 nitrogen and oxygen atoms in total. The number of nitrogens with two attached hydrogens (primary N) is 1. The van der Waals surface area contributed by atoms with Gasteiger partial charge in [0, 0.05) is 5.75 Å². The molecule has 0 spiro atoms. The smallest absolute Gasteiger partial charge is 0.328 e. The molecule has 0 atom stereocenters. The van der Waals surface area contributed by atoms with Crippen LogP contribution in [0.15, 0.2) is 40.3 Å². The Morgan fingerprint density at radius 3 is 2.72 bits per heavy atom. The van der Waals surface area contributed by atoms with Gasteiger partial charge in [0.05, 0.1) is 6.54 Å². The second-order valence-electron chi connectivity index (χ2n) is 6.10. The van der Waals surface area contributed by atoms with Crippen LogP contribution in [0.25, 0.3) is 11.2 Å². The van der Waals surface area contributed by atoms with E-state index in [4.69, 9.17) is 5.73 Å². The Labute approximate surface area is 150 Å². The van der Waals surface area contributed by atoms with Crippen molar-refractivity contribution in [3.8, 4) is 0 Å². The fraction of sp³-hybridized carbons (Fsp3) is 0.353. The molecule has 0 unspecified atom stereocenters. The second-order valence-corrected chi connectivity index (χ2v) is 7.16. The Morgan fingerprint density at radius 2 is 2.00 bits per heavy atom. The molecular weight excluding hydrogens is 336 g/mol. The summed E-state index contributed by atoms with van der Waals surface area (Å²) < 4.78 is 1.60. The zero-order valence-corrected chi connectivity index (χ0v) is 15.2. The van der Waals surface area contributed by atoms with Gasteiger partial charge in [0.2, 0.25) is 0 Å². The predicted octanol–water partition coefficient (Wildman–Crippen LogP) is 1.79. The van der Waals surface area contributed by atoms with E-state index in [-0.39, 0.29) is 5.69 Å². The highest BCUT2D eigenvalue weighted by Crippen LogP contribution is 2.21. The van der Waals surface area contributed by atoms with Gasteiger partial charge >= 0.3 is 5.69 Å². The molecule has 0 radical (unpaired) electrons. The molecule has 0 bridgehead atoms. The first kappa shape index (κ1) is 17.5. The maximum Gasteiger partial charge on any atom is 0.328 e. The van der Waals surface area contributed by atoms with Crippen LogP contribution in [0, 0.1) is 0 Å². The Hall–Kier alpha value is -2.32. The number of hydrogen-bond acceptors (Lipinski definition) is 6. The molecule has 0 aliphatic heterocycles. The van der Waals surface area contributed by atoms with E-state index in [1.54, 1.807) is 16.3 Å². The van der Waals surface area contributed by atoms with E-state index < -0.39 is 0 Å². The topological polar surface area (TPSA) is 92.8 Å². The average molecular weight is 358 g/mol. The quantitative estimate of drug-likeness (QED) is 0.380. The van der Waals surface area contributed by atoms with E-state index >= 15 is 0 Å². The number of imidazole rings is 1. The van der Waals surface area contributed by atoms with Crippen LogP contribution in [-0.4, -0.2) is 50.8 Å². The van der Waals surface area contributed by atoms with Crippen molar-refractivity contribution >= 4 is 28.7 Å². The number of hydrogen-bond donors (Lipinski definition) is 2. The molecule has 25 heavy (non-hydrogen) atoms. The Kier molecular flexibility index (Phi) is 5.40. The highest BCUT2D eigenvalue weighted by atomic mass is 32.2. The van der Waals surface area contributed by atoms with E-state index in [1.807, 2.05) is 44.4 Å². The number of nitrogen functional groups attached to an aromatic ring is 1. The number of thioether (sulfide) groups is 1. The Bertz CT molecular complexity index is 903. The minimum Gasteiger partial charge on any atom is -0.382 e. The number of H-pyrrole nitrogens is 1. The van der Waals surface area contributed by atoms with Crippen LogP contribution >= 0.6 is 11.8 Å². The Balaban J connectivity index is 1.87. The third kappa shape index (κ3) is 4.21. The molecule has 0 saturated carbocycles. The van der Waals surface area contributed by atoms with Gasteiger partial charge in [0.15, 0.2) is 16.6 Å². The van der Waals surface area contributed by atoms with E-state index in [1.165, 1.54) is 0 Å². The van der Waals surface area contributed by atoms with E-state index in [2.05, 4.69) is 19.9 Å². The standard InChI is InChI=1S/C17H22N6OS/c1-22(2)9-6-10-25-16-20-14(18)13-15(21-16)23(17(24)19-13)11-12-7-4-3-5-8-12/h3-5,7-8H,6,9-11H2,1-2H3,(H,19,24)(H2,18,20,21). The number of fused-ring (bicyclic) bond motifs is 1. The van der Waals surface area contributed by atoms with Crippen molar-refractivity contribution in [2.45, 2.75) is 18.1 Å². The molecule has 3 rings (SSSR count). The molecule has 0 fully saturated rings. The summed E-state index contributed by atoms with van der Waals surface area (Å²) in [5.41, 5.74) is 7.88. The number of aromatic nitrogens is 4. The van der Waals surface area contributed by atoms with Crippen molar-refractivity contribution in [3.05, 3.63) is 46.4 Å². The minimum absolute atomic E-state index is 0.227. The van der Waals surface area contributed by atoms with Gasteiger partial charge in [-0.3, -0.25) is 4.57 Å². The molecular formula is C17H22N6OS. The highest BCUT2D eigenvalue weighted by molar-refractivity contribution is 7.99. The molecule has 0 aliphatic carbocycles. The third-order valence-electron chi connectivity index (χ3n) is 3.79. The van der Waals surface area contributed by atoms with Crippen LogP contribution in [0.3, 0.4) is 0 Å². The number of anilines is 1. The van der Waals surface area contributed by atoms with Crippen molar-refractivity contribution < 1.29 is 0 Å². The fourth-order valence-electron chi connectivity index (χ4n) is 2.55. The summed E-state index contributed by atoms with van der Waals surface area (Å²) in [7, 11) is 4.10. The number of nitrogens with one attached hydrogen (secondary N) is 1. The van der Waals surface area contributed by atoms with E-state index in [0.717, 1.165) is 24.3 Å². The van der Waals surface area contributed by atoms with Crippen molar-refractivity contribution in [2.75, 3.05) is 32.1 Å². The van der Waals surface area contributed by atoms with Crippen LogP contribution < -0.4 is 11.4 Å².